The highest BCUT2D eigenvalue weighted by molar-refractivity contribution is 5.40. The van der Waals surface area contributed by atoms with Gasteiger partial charge in [0.2, 0.25) is 0 Å². The van der Waals surface area contributed by atoms with E-state index in [2.05, 4.69) is 39.0 Å². The van der Waals surface area contributed by atoms with Crippen LogP contribution < -0.4 is 0 Å². The molecule has 0 spiro atoms. The molecule has 0 radical (unpaired) electrons. The summed E-state index contributed by atoms with van der Waals surface area (Å²) in [6.45, 7) is 6.81. The lowest BCUT2D eigenvalue weighted by Crippen LogP contribution is -2.15. The smallest absolute Gasteiger partial charge is 0.0132 e. The third-order valence-corrected chi connectivity index (χ3v) is 2.74. The fraction of sp³-hybridized carbons (Fsp3) is 0.500. The van der Waals surface area contributed by atoms with E-state index in [9.17, 15) is 0 Å². The number of hydrogen-bond donors (Lipinski definition) is 0. The minimum atomic E-state index is 0.310. The summed E-state index contributed by atoms with van der Waals surface area (Å²) in [6.07, 6.45) is 2.58. The lowest BCUT2D eigenvalue weighted by Gasteiger charge is -2.25. The van der Waals surface area contributed by atoms with Crippen molar-refractivity contribution in [2.45, 2.75) is 39.0 Å². The summed E-state index contributed by atoms with van der Waals surface area (Å²) in [5.74, 6) is 0. The first-order valence-corrected chi connectivity index (χ1v) is 4.70. The molecule has 0 aromatic heterocycles. The van der Waals surface area contributed by atoms with Gasteiger partial charge in [-0.05, 0) is 34.9 Å². The van der Waals surface area contributed by atoms with Gasteiger partial charge in [0.05, 0.1) is 0 Å². The van der Waals surface area contributed by atoms with E-state index in [4.69, 9.17) is 0 Å². The zero-order valence-electron chi connectivity index (χ0n) is 8.15. The van der Waals surface area contributed by atoms with Crippen LogP contribution in [0.3, 0.4) is 0 Å². The van der Waals surface area contributed by atoms with E-state index >= 15 is 0 Å². The average molecular weight is 160 g/mol. The van der Waals surface area contributed by atoms with Crippen LogP contribution in [-0.4, -0.2) is 0 Å². The molecule has 0 aliphatic heterocycles. The first kappa shape index (κ1) is 7.85. The van der Waals surface area contributed by atoms with Gasteiger partial charge in [0, 0.05) is 0 Å². The molecule has 2 rings (SSSR count). The molecule has 0 saturated carbocycles. The number of fused-ring (bicyclic) bond motifs is 1. The van der Waals surface area contributed by atoms with E-state index in [0.717, 1.165) is 0 Å². The van der Waals surface area contributed by atoms with Gasteiger partial charge >= 0.3 is 0 Å². The molecule has 0 N–H and O–H groups in total. The number of rotatable bonds is 0. The molecular formula is C12H16. The Morgan fingerprint density at radius 3 is 2.08 bits per heavy atom. The Hall–Kier alpha value is -0.780. The Balaban J connectivity index is 2.42. The second-order valence-electron chi connectivity index (χ2n) is 4.73. The normalized spacial score (nSPS) is 15.2. The van der Waals surface area contributed by atoms with E-state index < -0.39 is 0 Å². The maximum absolute atomic E-state index is 2.37. The lowest BCUT2D eigenvalue weighted by molar-refractivity contribution is 0.587. The summed E-state index contributed by atoms with van der Waals surface area (Å²) in [4.78, 5) is 0. The van der Waals surface area contributed by atoms with Crippen molar-refractivity contribution < 1.29 is 0 Å². The largest absolute Gasteiger partial charge is 0.0585 e. The molecule has 1 aromatic rings. The Kier molecular flexibility index (Phi) is 1.54. The van der Waals surface area contributed by atoms with E-state index in [1.807, 2.05) is 0 Å². The second kappa shape index (κ2) is 2.35. The molecule has 0 bridgehead atoms. The lowest BCUT2D eigenvalue weighted by atomic mass is 9.80. The molecule has 0 fully saturated rings. The predicted molar refractivity (Wildman–Crippen MR) is 52.6 cm³/mol. The summed E-state index contributed by atoms with van der Waals surface area (Å²) in [7, 11) is 0. The molecular weight excluding hydrogens is 144 g/mol. The Labute approximate surface area is 74.6 Å². The zero-order chi connectivity index (χ0) is 8.77. The molecule has 0 saturated heterocycles. The predicted octanol–water partition coefficient (Wildman–Crippen LogP) is 3.08. The zero-order valence-corrected chi connectivity index (χ0v) is 8.15. The van der Waals surface area contributed by atoms with Crippen molar-refractivity contribution in [2.75, 3.05) is 0 Å². The summed E-state index contributed by atoms with van der Waals surface area (Å²) in [5.41, 5.74) is 4.91. The molecule has 1 aromatic carbocycles. The maximum Gasteiger partial charge on any atom is -0.0132 e. The summed E-state index contributed by atoms with van der Waals surface area (Å²) >= 11 is 0. The standard InChI is InChI=1S/C12H16/c1-12(2,3)11-7-6-9-4-5-10(9)8-11/h6-8H,4-5H2,1-3H3. The van der Waals surface area contributed by atoms with Crippen LogP contribution in [0, 0.1) is 0 Å². The van der Waals surface area contributed by atoms with Crippen LogP contribution in [0.5, 0.6) is 0 Å². The van der Waals surface area contributed by atoms with Gasteiger partial charge < -0.3 is 0 Å². The molecule has 0 amide bonds. The van der Waals surface area contributed by atoms with Gasteiger partial charge in [-0.2, -0.15) is 0 Å². The Bertz CT molecular complexity index is 302. The van der Waals surface area contributed by atoms with Crippen molar-refractivity contribution in [1.29, 1.82) is 0 Å². The highest BCUT2D eigenvalue weighted by atomic mass is 14.2. The van der Waals surface area contributed by atoms with Crippen molar-refractivity contribution >= 4 is 0 Å². The van der Waals surface area contributed by atoms with Crippen LogP contribution >= 0.6 is 0 Å². The van der Waals surface area contributed by atoms with E-state index in [1.165, 1.54) is 18.4 Å². The fourth-order valence-electron chi connectivity index (χ4n) is 1.66. The molecule has 1 aliphatic rings. The minimum Gasteiger partial charge on any atom is -0.0585 e. The van der Waals surface area contributed by atoms with Gasteiger partial charge in [-0.15, -0.1) is 0 Å². The fourth-order valence-corrected chi connectivity index (χ4v) is 1.66. The van der Waals surface area contributed by atoms with Gasteiger partial charge in [0.15, 0.2) is 0 Å². The topological polar surface area (TPSA) is 0 Å². The van der Waals surface area contributed by atoms with E-state index in [1.54, 1.807) is 11.1 Å². The van der Waals surface area contributed by atoms with Gasteiger partial charge in [-0.1, -0.05) is 39.0 Å². The van der Waals surface area contributed by atoms with Crippen molar-refractivity contribution in [3.8, 4) is 0 Å². The second-order valence-corrected chi connectivity index (χ2v) is 4.73. The first-order chi connectivity index (χ1) is 5.57. The summed E-state index contributed by atoms with van der Waals surface area (Å²) < 4.78 is 0. The average Bonchev–Trinajstić information content (AvgIpc) is 1.89. The van der Waals surface area contributed by atoms with Crippen molar-refractivity contribution in [3.63, 3.8) is 0 Å². The third kappa shape index (κ3) is 1.16. The summed E-state index contributed by atoms with van der Waals surface area (Å²) in [6, 6.07) is 6.94. The van der Waals surface area contributed by atoms with Crippen molar-refractivity contribution in [2.24, 2.45) is 0 Å². The molecule has 64 valence electrons. The van der Waals surface area contributed by atoms with Crippen LogP contribution in [0.15, 0.2) is 18.2 Å². The molecule has 0 unspecified atom stereocenters. The van der Waals surface area contributed by atoms with Gasteiger partial charge in [-0.25, -0.2) is 0 Å². The monoisotopic (exact) mass is 160 g/mol. The van der Waals surface area contributed by atoms with Crippen molar-refractivity contribution in [1.82, 2.24) is 0 Å². The number of aryl methyl sites for hydroxylation is 2. The van der Waals surface area contributed by atoms with Crippen molar-refractivity contribution in [3.05, 3.63) is 34.9 Å². The van der Waals surface area contributed by atoms with Gasteiger partial charge in [0.1, 0.15) is 0 Å². The highest BCUT2D eigenvalue weighted by Gasteiger charge is 2.18. The SMILES string of the molecule is CC(C)(C)c1ccc2c(c1)CC2. The van der Waals surface area contributed by atoms with Gasteiger partial charge in [-0.3, -0.25) is 0 Å². The van der Waals surface area contributed by atoms with E-state index in [-0.39, 0.29) is 0 Å². The molecule has 1 aliphatic carbocycles. The number of benzene rings is 1. The Morgan fingerprint density at radius 1 is 1.00 bits per heavy atom. The molecule has 0 heterocycles. The molecule has 0 atom stereocenters. The highest BCUT2D eigenvalue weighted by Crippen LogP contribution is 2.29. The maximum atomic E-state index is 2.37. The van der Waals surface area contributed by atoms with Crippen LogP contribution in [-0.2, 0) is 18.3 Å². The van der Waals surface area contributed by atoms with E-state index in [0.29, 0.717) is 5.41 Å². The van der Waals surface area contributed by atoms with Crippen LogP contribution in [0.25, 0.3) is 0 Å². The third-order valence-electron chi connectivity index (χ3n) is 2.74. The van der Waals surface area contributed by atoms with Crippen LogP contribution in [0.2, 0.25) is 0 Å². The number of hydrogen-bond acceptors (Lipinski definition) is 0. The first-order valence-electron chi connectivity index (χ1n) is 4.70. The Morgan fingerprint density at radius 2 is 1.67 bits per heavy atom. The van der Waals surface area contributed by atoms with Crippen LogP contribution in [0.4, 0.5) is 0 Å². The van der Waals surface area contributed by atoms with Crippen LogP contribution in [0.1, 0.15) is 37.5 Å². The quantitative estimate of drug-likeness (QED) is 0.547. The molecule has 0 heteroatoms. The minimum absolute atomic E-state index is 0.310. The molecule has 0 nitrogen and oxygen atoms in total. The summed E-state index contributed by atoms with van der Waals surface area (Å²) in [5, 5.41) is 0. The van der Waals surface area contributed by atoms with Gasteiger partial charge in [0.25, 0.3) is 0 Å². The molecule has 12 heavy (non-hydrogen) atoms.